The normalized spacial score (nSPS) is 23.5. The third kappa shape index (κ3) is 5.44. The molecule has 3 N–H and O–H groups in total. The van der Waals surface area contributed by atoms with Gasteiger partial charge in [-0.15, -0.1) is 0 Å². The Balaban J connectivity index is 1.36. The number of hydrogen-bond donors (Lipinski definition) is 3. The van der Waals surface area contributed by atoms with E-state index in [1.165, 1.54) is 0 Å². The number of carbonyl (C=O) groups is 2. The molecule has 28 heavy (non-hydrogen) atoms. The Morgan fingerprint density at radius 1 is 1.18 bits per heavy atom. The Bertz CT molecular complexity index is 752. The summed E-state index contributed by atoms with van der Waals surface area (Å²) in [4.78, 5) is 41.1. The van der Waals surface area contributed by atoms with Crippen molar-refractivity contribution in [3.05, 3.63) is 33.7 Å². The lowest BCUT2D eigenvalue weighted by Gasteiger charge is -2.29. The molecule has 2 aliphatic rings. The number of hydrogen-bond acceptors (Lipinski definition) is 4. The van der Waals surface area contributed by atoms with E-state index in [-0.39, 0.29) is 29.3 Å². The van der Waals surface area contributed by atoms with Crippen molar-refractivity contribution in [2.45, 2.75) is 51.5 Å². The molecular formula is C21H32N4O3. The van der Waals surface area contributed by atoms with Crippen LogP contribution in [-0.2, 0) is 4.79 Å². The Kier molecular flexibility index (Phi) is 6.88. The summed E-state index contributed by atoms with van der Waals surface area (Å²) in [6.07, 6.45) is 5.87. The van der Waals surface area contributed by atoms with Crippen LogP contribution in [0.5, 0.6) is 0 Å². The van der Waals surface area contributed by atoms with Gasteiger partial charge in [0.1, 0.15) is 5.69 Å². The molecule has 2 amide bonds. The monoisotopic (exact) mass is 388 g/mol. The van der Waals surface area contributed by atoms with Crippen molar-refractivity contribution in [2.24, 2.45) is 11.8 Å². The van der Waals surface area contributed by atoms with Crippen LogP contribution in [0.4, 0.5) is 0 Å². The van der Waals surface area contributed by atoms with E-state index in [0.717, 1.165) is 51.6 Å². The van der Waals surface area contributed by atoms with Crippen LogP contribution in [0.1, 0.15) is 54.6 Å². The standard InChI is InChI=1S/C21H32N4O3/c1-14-3-6-18(24-19(14)26)21(28)22-10-7-15-4-5-17(13-15)23-20(27)16-8-11-25(2)12-9-16/h3,6,15-17H,4-5,7-13H2,1-2H3,(H,22,28)(H,23,27)(H,24,26). The van der Waals surface area contributed by atoms with Crippen LogP contribution in [0.25, 0.3) is 0 Å². The van der Waals surface area contributed by atoms with E-state index in [9.17, 15) is 14.4 Å². The quantitative estimate of drug-likeness (QED) is 0.687. The number of aryl methyl sites for hydroxylation is 1. The number of H-pyrrole nitrogens is 1. The second-order valence-electron chi connectivity index (χ2n) is 8.39. The van der Waals surface area contributed by atoms with E-state index in [0.29, 0.717) is 23.7 Å². The van der Waals surface area contributed by atoms with Gasteiger partial charge in [0, 0.05) is 24.1 Å². The van der Waals surface area contributed by atoms with E-state index in [4.69, 9.17) is 0 Å². The summed E-state index contributed by atoms with van der Waals surface area (Å²) in [6, 6.07) is 3.56. The summed E-state index contributed by atoms with van der Waals surface area (Å²) >= 11 is 0. The van der Waals surface area contributed by atoms with Crippen LogP contribution in [0.3, 0.4) is 0 Å². The van der Waals surface area contributed by atoms with Gasteiger partial charge in [-0.2, -0.15) is 0 Å². The van der Waals surface area contributed by atoms with Crippen LogP contribution < -0.4 is 16.2 Å². The predicted molar refractivity (Wildman–Crippen MR) is 108 cm³/mol. The van der Waals surface area contributed by atoms with E-state index >= 15 is 0 Å². The van der Waals surface area contributed by atoms with Crippen molar-refractivity contribution in [3.63, 3.8) is 0 Å². The first-order valence-electron chi connectivity index (χ1n) is 10.4. The summed E-state index contributed by atoms with van der Waals surface area (Å²) in [5, 5.41) is 6.13. The largest absolute Gasteiger partial charge is 0.353 e. The van der Waals surface area contributed by atoms with Crippen molar-refractivity contribution in [2.75, 3.05) is 26.7 Å². The van der Waals surface area contributed by atoms with E-state index < -0.39 is 0 Å². The molecule has 2 fully saturated rings. The van der Waals surface area contributed by atoms with Gasteiger partial charge < -0.3 is 20.5 Å². The summed E-state index contributed by atoms with van der Waals surface area (Å²) in [7, 11) is 2.10. The summed E-state index contributed by atoms with van der Waals surface area (Å²) < 4.78 is 0. The smallest absolute Gasteiger partial charge is 0.267 e. The topological polar surface area (TPSA) is 94.3 Å². The lowest BCUT2D eigenvalue weighted by Crippen LogP contribution is -2.42. The van der Waals surface area contributed by atoms with Crippen LogP contribution in [0.15, 0.2) is 16.9 Å². The molecule has 154 valence electrons. The zero-order chi connectivity index (χ0) is 20.1. The lowest BCUT2D eigenvalue weighted by molar-refractivity contribution is -0.127. The SMILES string of the molecule is Cc1ccc(C(=O)NCCC2CCC(NC(=O)C3CCN(C)CC3)C2)[nH]c1=O. The summed E-state index contributed by atoms with van der Waals surface area (Å²) in [5.41, 5.74) is 0.660. The van der Waals surface area contributed by atoms with Gasteiger partial charge in [-0.1, -0.05) is 6.07 Å². The van der Waals surface area contributed by atoms with Gasteiger partial charge in [0.2, 0.25) is 5.91 Å². The molecule has 0 spiro atoms. The fraction of sp³-hybridized carbons (Fsp3) is 0.667. The van der Waals surface area contributed by atoms with Crippen LogP contribution in [-0.4, -0.2) is 54.4 Å². The van der Waals surface area contributed by atoms with Gasteiger partial charge in [0.25, 0.3) is 11.5 Å². The zero-order valence-electron chi connectivity index (χ0n) is 16.9. The maximum absolute atomic E-state index is 12.5. The average Bonchev–Trinajstić information content (AvgIpc) is 3.11. The van der Waals surface area contributed by atoms with Gasteiger partial charge in [-0.05, 0) is 77.6 Å². The molecule has 1 saturated carbocycles. The number of nitrogens with one attached hydrogen (secondary N) is 3. The number of carbonyl (C=O) groups excluding carboxylic acids is 2. The van der Waals surface area contributed by atoms with E-state index in [1.807, 2.05) is 0 Å². The first-order valence-corrected chi connectivity index (χ1v) is 10.4. The van der Waals surface area contributed by atoms with Gasteiger partial charge in [0.05, 0.1) is 0 Å². The molecule has 1 aromatic rings. The number of aromatic amines is 1. The number of likely N-dealkylation sites (tertiary alicyclic amines) is 1. The number of nitrogens with zero attached hydrogens (tertiary/aromatic N) is 1. The highest BCUT2D eigenvalue weighted by atomic mass is 16.2. The summed E-state index contributed by atoms with van der Waals surface area (Å²) in [6.45, 7) is 4.28. The van der Waals surface area contributed by atoms with Crippen LogP contribution in [0.2, 0.25) is 0 Å². The minimum absolute atomic E-state index is 0.159. The molecule has 1 aliphatic carbocycles. The third-order valence-corrected chi connectivity index (χ3v) is 6.17. The highest BCUT2D eigenvalue weighted by Crippen LogP contribution is 2.28. The third-order valence-electron chi connectivity index (χ3n) is 6.17. The highest BCUT2D eigenvalue weighted by Gasteiger charge is 2.29. The van der Waals surface area contributed by atoms with Crippen molar-refractivity contribution in [1.82, 2.24) is 20.5 Å². The second-order valence-corrected chi connectivity index (χ2v) is 8.39. The minimum Gasteiger partial charge on any atom is -0.353 e. The molecule has 1 saturated heterocycles. The number of pyridine rings is 1. The number of aromatic nitrogens is 1. The molecule has 2 heterocycles. The number of rotatable bonds is 6. The Morgan fingerprint density at radius 3 is 2.64 bits per heavy atom. The number of amides is 2. The predicted octanol–water partition coefficient (Wildman–Crippen LogP) is 1.43. The van der Waals surface area contributed by atoms with Gasteiger partial charge in [-0.3, -0.25) is 14.4 Å². The summed E-state index contributed by atoms with van der Waals surface area (Å²) in [5.74, 6) is 0.643. The lowest BCUT2D eigenvalue weighted by atomic mass is 9.96. The van der Waals surface area contributed by atoms with Crippen molar-refractivity contribution >= 4 is 11.8 Å². The molecule has 1 aromatic heterocycles. The Labute approximate surface area is 166 Å². The van der Waals surface area contributed by atoms with E-state index in [1.54, 1.807) is 19.1 Å². The maximum atomic E-state index is 12.5. The second kappa shape index (κ2) is 9.37. The Morgan fingerprint density at radius 2 is 1.93 bits per heavy atom. The fourth-order valence-corrected chi connectivity index (χ4v) is 4.22. The molecule has 0 bridgehead atoms. The molecule has 2 atom stereocenters. The van der Waals surface area contributed by atoms with Gasteiger partial charge in [0.15, 0.2) is 0 Å². The molecule has 0 aromatic carbocycles. The average molecular weight is 389 g/mol. The first-order chi connectivity index (χ1) is 13.4. The fourth-order valence-electron chi connectivity index (χ4n) is 4.22. The highest BCUT2D eigenvalue weighted by molar-refractivity contribution is 5.92. The first kappa shape index (κ1) is 20.6. The van der Waals surface area contributed by atoms with Crippen molar-refractivity contribution in [3.8, 4) is 0 Å². The number of piperidine rings is 1. The molecule has 2 unspecified atom stereocenters. The van der Waals surface area contributed by atoms with Gasteiger partial charge in [-0.25, -0.2) is 0 Å². The van der Waals surface area contributed by atoms with Crippen LogP contribution >= 0.6 is 0 Å². The molecule has 7 nitrogen and oxygen atoms in total. The van der Waals surface area contributed by atoms with Gasteiger partial charge >= 0.3 is 0 Å². The maximum Gasteiger partial charge on any atom is 0.267 e. The van der Waals surface area contributed by atoms with Crippen molar-refractivity contribution in [1.29, 1.82) is 0 Å². The van der Waals surface area contributed by atoms with Crippen molar-refractivity contribution < 1.29 is 9.59 Å². The molecule has 0 radical (unpaired) electrons. The molecule has 1 aliphatic heterocycles. The Hall–Kier alpha value is -2.15. The molecule has 3 rings (SSSR count). The van der Waals surface area contributed by atoms with Crippen LogP contribution in [0, 0.1) is 18.8 Å². The van der Waals surface area contributed by atoms with E-state index in [2.05, 4.69) is 27.6 Å². The minimum atomic E-state index is -0.248. The molecular weight excluding hydrogens is 356 g/mol. The molecule has 7 heteroatoms. The zero-order valence-corrected chi connectivity index (χ0v) is 16.9.